The van der Waals surface area contributed by atoms with Gasteiger partial charge in [0.25, 0.3) is 5.91 Å². The van der Waals surface area contributed by atoms with Crippen LogP contribution >= 0.6 is 11.6 Å². The van der Waals surface area contributed by atoms with Crippen molar-refractivity contribution in [3.63, 3.8) is 0 Å². The number of halogens is 2. The zero-order valence-electron chi connectivity index (χ0n) is 13.2. The molecule has 5 nitrogen and oxygen atoms in total. The van der Waals surface area contributed by atoms with Crippen molar-refractivity contribution in [2.75, 3.05) is 18.5 Å². The van der Waals surface area contributed by atoms with E-state index in [1.807, 2.05) is 0 Å². The van der Waals surface area contributed by atoms with E-state index in [2.05, 4.69) is 10.6 Å². The number of carbonyl (C=O) groups excluding carboxylic acids is 2. The molecule has 3 N–H and O–H groups in total. The van der Waals surface area contributed by atoms with Crippen LogP contribution in [0.4, 0.5) is 10.1 Å². The molecule has 1 aliphatic rings. The average molecular weight is 355 g/mol. The predicted octanol–water partition coefficient (Wildman–Crippen LogP) is 2.79. The van der Waals surface area contributed by atoms with Crippen LogP contribution in [0.1, 0.15) is 32.1 Å². The van der Waals surface area contributed by atoms with Crippen LogP contribution < -0.4 is 10.6 Å². The van der Waals surface area contributed by atoms with Gasteiger partial charge in [-0.15, -0.1) is 0 Å². The van der Waals surface area contributed by atoms with E-state index in [0.29, 0.717) is 37.0 Å². The predicted molar refractivity (Wildman–Crippen MR) is 90.2 cm³/mol. The number of hydrogen-bond donors (Lipinski definition) is 3. The number of nitrogens with one attached hydrogen (secondary N) is 2. The number of amides is 2. The number of benzene rings is 1. The van der Waals surface area contributed by atoms with Crippen LogP contribution in [0.2, 0.25) is 5.02 Å². The Balaban J connectivity index is 2.15. The molecular weight excluding hydrogens is 335 g/mol. The van der Waals surface area contributed by atoms with Gasteiger partial charge in [-0.25, -0.2) is 4.39 Å². The van der Waals surface area contributed by atoms with Gasteiger partial charge < -0.3 is 15.7 Å². The number of aliphatic hydroxyl groups is 1. The first kappa shape index (κ1) is 18.4. The molecule has 2 amide bonds. The van der Waals surface area contributed by atoms with Crippen LogP contribution in [0.5, 0.6) is 0 Å². The molecule has 0 heterocycles. The van der Waals surface area contributed by atoms with E-state index >= 15 is 0 Å². The smallest absolute Gasteiger partial charge is 0.252 e. The van der Waals surface area contributed by atoms with Gasteiger partial charge in [-0.3, -0.25) is 9.59 Å². The van der Waals surface area contributed by atoms with Gasteiger partial charge in [0.2, 0.25) is 5.91 Å². The Morgan fingerprint density at radius 3 is 2.46 bits per heavy atom. The van der Waals surface area contributed by atoms with Crippen molar-refractivity contribution in [3.8, 4) is 0 Å². The minimum atomic E-state index is -0.624. The van der Waals surface area contributed by atoms with Crippen molar-refractivity contribution >= 4 is 29.1 Å². The van der Waals surface area contributed by atoms with Crippen molar-refractivity contribution in [1.29, 1.82) is 0 Å². The maximum absolute atomic E-state index is 13.8. The molecule has 2 rings (SSSR count). The molecule has 1 aromatic rings. The van der Waals surface area contributed by atoms with Crippen molar-refractivity contribution in [2.45, 2.75) is 32.1 Å². The normalized spacial score (nSPS) is 14.5. The Morgan fingerprint density at radius 2 is 1.83 bits per heavy atom. The summed E-state index contributed by atoms with van der Waals surface area (Å²) in [5, 5.41) is 14.2. The maximum atomic E-state index is 13.8. The third kappa shape index (κ3) is 4.79. The molecule has 1 aromatic carbocycles. The Kier molecular flexibility index (Phi) is 6.75. The zero-order chi connectivity index (χ0) is 17.5. The van der Waals surface area contributed by atoms with E-state index in [9.17, 15) is 14.0 Å². The summed E-state index contributed by atoms with van der Waals surface area (Å²) in [5.74, 6) is -1.39. The maximum Gasteiger partial charge on any atom is 0.252 e. The van der Waals surface area contributed by atoms with Crippen LogP contribution in [-0.2, 0) is 9.59 Å². The van der Waals surface area contributed by atoms with Gasteiger partial charge in [-0.1, -0.05) is 11.6 Å². The topological polar surface area (TPSA) is 78.4 Å². The molecule has 0 saturated carbocycles. The second-order valence-corrected chi connectivity index (χ2v) is 6.01. The summed E-state index contributed by atoms with van der Waals surface area (Å²) >= 11 is 5.69. The lowest BCUT2D eigenvalue weighted by atomic mass is 9.90. The average Bonchev–Trinajstić information content (AvgIpc) is 2.57. The SMILES string of the molecule is O=C(NCCCO)C1=C(C(=O)Nc2ccc(Cl)cc2F)CCCC1. The molecule has 0 aromatic heterocycles. The fourth-order valence-electron chi connectivity index (χ4n) is 2.58. The number of hydrogen-bond acceptors (Lipinski definition) is 3. The first-order chi connectivity index (χ1) is 11.5. The van der Waals surface area contributed by atoms with E-state index in [1.165, 1.54) is 12.1 Å². The second kappa shape index (κ2) is 8.80. The Hall–Kier alpha value is -1.92. The van der Waals surface area contributed by atoms with Crippen molar-refractivity contribution in [2.24, 2.45) is 0 Å². The van der Waals surface area contributed by atoms with Gasteiger partial charge in [0.05, 0.1) is 5.69 Å². The summed E-state index contributed by atoms with van der Waals surface area (Å²) in [7, 11) is 0. The molecule has 130 valence electrons. The van der Waals surface area contributed by atoms with E-state index in [1.54, 1.807) is 0 Å². The minimum absolute atomic E-state index is 0.0114. The quantitative estimate of drug-likeness (QED) is 0.687. The second-order valence-electron chi connectivity index (χ2n) is 5.58. The van der Waals surface area contributed by atoms with Gasteiger partial charge >= 0.3 is 0 Å². The Labute approximate surface area is 144 Å². The highest BCUT2D eigenvalue weighted by Gasteiger charge is 2.24. The molecule has 1 aliphatic carbocycles. The number of anilines is 1. The fourth-order valence-corrected chi connectivity index (χ4v) is 2.74. The van der Waals surface area contributed by atoms with Crippen LogP contribution in [0, 0.1) is 5.82 Å². The largest absolute Gasteiger partial charge is 0.396 e. The zero-order valence-corrected chi connectivity index (χ0v) is 14.0. The molecule has 0 unspecified atom stereocenters. The fraction of sp³-hybridized carbons (Fsp3) is 0.412. The summed E-state index contributed by atoms with van der Waals surface area (Å²) in [6.45, 7) is 0.335. The van der Waals surface area contributed by atoms with Crippen molar-refractivity contribution in [1.82, 2.24) is 5.32 Å². The highest BCUT2D eigenvalue weighted by molar-refractivity contribution is 6.30. The van der Waals surface area contributed by atoms with E-state index in [4.69, 9.17) is 16.7 Å². The van der Waals surface area contributed by atoms with Crippen molar-refractivity contribution < 1.29 is 19.1 Å². The van der Waals surface area contributed by atoms with Gasteiger partial charge in [0, 0.05) is 29.3 Å². The molecule has 0 saturated heterocycles. The monoisotopic (exact) mass is 354 g/mol. The molecule has 24 heavy (non-hydrogen) atoms. The highest BCUT2D eigenvalue weighted by Crippen LogP contribution is 2.27. The van der Waals surface area contributed by atoms with Crippen molar-refractivity contribution in [3.05, 3.63) is 40.2 Å². The lowest BCUT2D eigenvalue weighted by Gasteiger charge is -2.19. The summed E-state index contributed by atoms with van der Waals surface area (Å²) in [6.07, 6.45) is 3.07. The Bertz CT molecular complexity index is 661. The summed E-state index contributed by atoms with van der Waals surface area (Å²) in [4.78, 5) is 24.7. The van der Waals surface area contributed by atoms with E-state index < -0.39 is 11.7 Å². The third-order valence-corrected chi connectivity index (χ3v) is 4.05. The van der Waals surface area contributed by atoms with Gasteiger partial charge in [-0.05, 0) is 50.3 Å². The molecule has 0 atom stereocenters. The first-order valence-corrected chi connectivity index (χ1v) is 8.28. The lowest BCUT2D eigenvalue weighted by molar-refractivity contribution is -0.119. The van der Waals surface area contributed by atoms with Crippen LogP contribution in [-0.4, -0.2) is 30.1 Å². The number of aliphatic hydroxyl groups excluding tert-OH is 1. The van der Waals surface area contributed by atoms with E-state index in [0.717, 1.165) is 18.9 Å². The van der Waals surface area contributed by atoms with Gasteiger partial charge in [-0.2, -0.15) is 0 Å². The highest BCUT2D eigenvalue weighted by atomic mass is 35.5. The molecule has 0 aliphatic heterocycles. The third-order valence-electron chi connectivity index (χ3n) is 3.82. The minimum Gasteiger partial charge on any atom is -0.396 e. The molecule has 0 spiro atoms. The summed E-state index contributed by atoms with van der Waals surface area (Å²) in [5.41, 5.74) is 0.852. The molecule has 7 heteroatoms. The van der Waals surface area contributed by atoms with Gasteiger partial charge in [0.1, 0.15) is 5.82 Å². The van der Waals surface area contributed by atoms with Crippen LogP contribution in [0.15, 0.2) is 29.3 Å². The lowest BCUT2D eigenvalue weighted by Crippen LogP contribution is -2.30. The molecule has 0 radical (unpaired) electrons. The van der Waals surface area contributed by atoms with E-state index in [-0.39, 0.29) is 23.2 Å². The summed E-state index contributed by atoms with van der Waals surface area (Å²) in [6, 6.07) is 3.99. The molecular formula is C17H20ClFN2O3. The van der Waals surface area contributed by atoms with Crippen LogP contribution in [0.3, 0.4) is 0 Å². The Morgan fingerprint density at radius 1 is 1.17 bits per heavy atom. The van der Waals surface area contributed by atoms with Crippen LogP contribution in [0.25, 0.3) is 0 Å². The number of carbonyl (C=O) groups is 2. The summed E-state index contributed by atoms with van der Waals surface area (Å²) < 4.78 is 13.8. The molecule has 0 bridgehead atoms. The first-order valence-electron chi connectivity index (χ1n) is 7.90. The van der Waals surface area contributed by atoms with Gasteiger partial charge in [0.15, 0.2) is 0 Å². The number of rotatable bonds is 6. The standard InChI is InChI=1S/C17H20ClFN2O3/c18-11-6-7-15(14(19)10-11)21-17(24)13-5-2-1-4-12(13)16(23)20-8-3-9-22/h6-7,10,22H,1-5,8-9H2,(H,20,23)(H,21,24). The molecule has 0 fully saturated rings.